The maximum Gasteiger partial charge on any atom is 0.238 e. The molecule has 1 unspecified atom stereocenters. The molecule has 0 radical (unpaired) electrons. The second-order valence-corrected chi connectivity index (χ2v) is 7.62. The summed E-state index contributed by atoms with van der Waals surface area (Å²) in [7, 11) is 1.68. The zero-order valence-corrected chi connectivity index (χ0v) is 17.2. The van der Waals surface area contributed by atoms with E-state index in [2.05, 4.69) is 59.1 Å². The van der Waals surface area contributed by atoms with E-state index in [1.54, 1.807) is 7.11 Å². The number of hydrogen-bond acceptors (Lipinski definition) is 3. The fourth-order valence-corrected chi connectivity index (χ4v) is 4.00. The zero-order valence-electron chi connectivity index (χ0n) is 17.2. The van der Waals surface area contributed by atoms with E-state index in [4.69, 9.17) is 4.74 Å². The Bertz CT molecular complexity index is 1020. The molecule has 150 valence electrons. The van der Waals surface area contributed by atoms with Gasteiger partial charge in [-0.1, -0.05) is 18.2 Å². The van der Waals surface area contributed by atoms with Crippen molar-refractivity contribution in [2.75, 3.05) is 25.5 Å². The Labute approximate surface area is 171 Å². The van der Waals surface area contributed by atoms with Gasteiger partial charge >= 0.3 is 0 Å². The monoisotopic (exact) mass is 389 g/mol. The highest BCUT2D eigenvalue weighted by atomic mass is 16.5. The van der Waals surface area contributed by atoms with Crippen LogP contribution in [0.4, 0.5) is 5.69 Å². The number of carbonyl (C=O) groups is 1. The summed E-state index contributed by atoms with van der Waals surface area (Å²) in [5.74, 6) is 0.826. The third-order valence-electron chi connectivity index (χ3n) is 5.68. The SMILES string of the molecule is COc1cccc(C2c3cccn3CCN2CC(=O)Nc2ccc(C)c(C)c2)c1. The number of ether oxygens (including phenoxy) is 1. The Kier molecular flexibility index (Phi) is 5.41. The molecule has 29 heavy (non-hydrogen) atoms. The van der Waals surface area contributed by atoms with Crippen molar-refractivity contribution in [2.45, 2.75) is 26.4 Å². The van der Waals surface area contributed by atoms with Crippen LogP contribution >= 0.6 is 0 Å². The van der Waals surface area contributed by atoms with Crippen molar-refractivity contribution in [1.82, 2.24) is 9.47 Å². The van der Waals surface area contributed by atoms with Crippen LogP contribution in [0.15, 0.2) is 60.8 Å². The van der Waals surface area contributed by atoms with Crippen molar-refractivity contribution >= 4 is 11.6 Å². The van der Waals surface area contributed by atoms with Gasteiger partial charge < -0.3 is 14.6 Å². The molecule has 0 fully saturated rings. The predicted molar refractivity (Wildman–Crippen MR) is 115 cm³/mol. The lowest BCUT2D eigenvalue weighted by Crippen LogP contribution is -2.42. The molecule has 0 aliphatic carbocycles. The highest BCUT2D eigenvalue weighted by molar-refractivity contribution is 5.92. The van der Waals surface area contributed by atoms with E-state index in [9.17, 15) is 4.79 Å². The molecule has 1 aliphatic rings. The number of nitrogens with one attached hydrogen (secondary N) is 1. The standard InChI is InChI=1S/C24H27N3O2/c1-17-9-10-20(14-18(17)2)25-23(28)16-27-13-12-26-11-5-8-22(26)24(27)19-6-4-7-21(15-19)29-3/h4-11,14-15,24H,12-13,16H2,1-3H3,(H,25,28). The molecule has 5 nitrogen and oxygen atoms in total. The Hall–Kier alpha value is -3.05. The van der Waals surface area contributed by atoms with Crippen molar-refractivity contribution < 1.29 is 9.53 Å². The summed E-state index contributed by atoms with van der Waals surface area (Å²) >= 11 is 0. The summed E-state index contributed by atoms with van der Waals surface area (Å²) in [5.41, 5.74) is 5.56. The molecule has 0 saturated heterocycles. The minimum atomic E-state index is 0.00107. The van der Waals surface area contributed by atoms with Crippen LogP contribution in [0.25, 0.3) is 0 Å². The fourth-order valence-electron chi connectivity index (χ4n) is 4.00. The lowest BCUT2D eigenvalue weighted by atomic mass is 9.99. The molecule has 2 aromatic carbocycles. The first-order chi connectivity index (χ1) is 14.0. The van der Waals surface area contributed by atoms with Crippen LogP contribution in [-0.2, 0) is 11.3 Å². The van der Waals surface area contributed by atoms with E-state index < -0.39 is 0 Å². The molecule has 1 amide bonds. The Balaban J connectivity index is 1.57. The molecule has 5 heteroatoms. The van der Waals surface area contributed by atoms with E-state index in [0.29, 0.717) is 6.54 Å². The fraction of sp³-hybridized carbons (Fsp3) is 0.292. The van der Waals surface area contributed by atoms with Gasteiger partial charge in [0.2, 0.25) is 5.91 Å². The minimum Gasteiger partial charge on any atom is -0.497 e. The second-order valence-electron chi connectivity index (χ2n) is 7.62. The van der Waals surface area contributed by atoms with Gasteiger partial charge in [0.1, 0.15) is 5.75 Å². The number of carbonyl (C=O) groups excluding carboxylic acids is 1. The summed E-state index contributed by atoms with van der Waals surface area (Å²) < 4.78 is 7.69. The lowest BCUT2D eigenvalue weighted by Gasteiger charge is -2.37. The molecular weight excluding hydrogens is 362 g/mol. The van der Waals surface area contributed by atoms with Gasteiger partial charge in [0.15, 0.2) is 0 Å². The van der Waals surface area contributed by atoms with Gasteiger partial charge in [0.05, 0.1) is 19.7 Å². The molecule has 4 rings (SSSR count). The minimum absolute atomic E-state index is 0.00107. The first kappa shape index (κ1) is 19.3. The predicted octanol–water partition coefficient (Wildman–Crippen LogP) is 4.16. The number of aryl methyl sites for hydroxylation is 2. The van der Waals surface area contributed by atoms with E-state index >= 15 is 0 Å². The van der Waals surface area contributed by atoms with E-state index in [1.807, 2.05) is 30.3 Å². The van der Waals surface area contributed by atoms with Gasteiger partial charge in [-0.05, 0) is 66.9 Å². The number of methoxy groups -OCH3 is 1. The maximum atomic E-state index is 12.8. The summed E-state index contributed by atoms with van der Waals surface area (Å²) in [6, 6.07) is 18.3. The first-order valence-corrected chi connectivity index (χ1v) is 9.95. The first-order valence-electron chi connectivity index (χ1n) is 9.95. The summed E-state index contributed by atoms with van der Waals surface area (Å²) in [5, 5.41) is 3.06. The molecule has 3 aromatic rings. The number of rotatable bonds is 5. The number of nitrogens with zero attached hydrogens (tertiary/aromatic N) is 2. The van der Waals surface area contributed by atoms with Gasteiger partial charge in [-0.15, -0.1) is 0 Å². The van der Waals surface area contributed by atoms with Crippen molar-refractivity contribution in [3.05, 3.63) is 83.2 Å². The normalized spacial score (nSPS) is 16.3. The molecule has 1 aromatic heterocycles. The van der Waals surface area contributed by atoms with E-state index in [0.717, 1.165) is 30.1 Å². The number of anilines is 1. The number of benzene rings is 2. The van der Waals surface area contributed by atoms with Gasteiger partial charge in [-0.2, -0.15) is 0 Å². The quantitative estimate of drug-likeness (QED) is 0.713. The van der Waals surface area contributed by atoms with Crippen LogP contribution < -0.4 is 10.1 Å². The number of fused-ring (bicyclic) bond motifs is 1. The van der Waals surface area contributed by atoms with Gasteiger partial charge in [-0.3, -0.25) is 9.69 Å². The van der Waals surface area contributed by atoms with Gasteiger partial charge in [0.25, 0.3) is 0 Å². The van der Waals surface area contributed by atoms with Crippen LogP contribution in [0.1, 0.15) is 28.4 Å². The Morgan fingerprint density at radius 3 is 2.72 bits per heavy atom. The number of aromatic nitrogens is 1. The summed E-state index contributed by atoms with van der Waals surface area (Å²) in [4.78, 5) is 15.1. The van der Waals surface area contributed by atoms with Crippen LogP contribution in [0.5, 0.6) is 5.75 Å². The highest BCUT2D eigenvalue weighted by Gasteiger charge is 2.30. The Morgan fingerprint density at radius 1 is 1.07 bits per heavy atom. The second kappa shape index (κ2) is 8.13. The largest absolute Gasteiger partial charge is 0.497 e. The van der Waals surface area contributed by atoms with E-state index in [-0.39, 0.29) is 11.9 Å². The van der Waals surface area contributed by atoms with Crippen molar-refractivity contribution in [3.8, 4) is 5.75 Å². The molecular formula is C24H27N3O2. The molecule has 1 atom stereocenters. The third-order valence-corrected chi connectivity index (χ3v) is 5.68. The topological polar surface area (TPSA) is 46.5 Å². The van der Waals surface area contributed by atoms with Crippen molar-refractivity contribution in [2.24, 2.45) is 0 Å². The molecule has 2 heterocycles. The lowest BCUT2D eigenvalue weighted by molar-refractivity contribution is -0.117. The number of amides is 1. The van der Waals surface area contributed by atoms with Crippen molar-refractivity contribution in [3.63, 3.8) is 0 Å². The number of hydrogen-bond donors (Lipinski definition) is 1. The molecule has 0 bridgehead atoms. The van der Waals surface area contributed by atoms with E-state index in [1.165, 1.54) is 16.8 Å². The maximum absolute atomic E-state index is 12.8. The molecule has 0 saturated carbocycles. The van der Waals surface area contributed by atoms with Crippen LogP contribution in [0, 0.1) is 13.8 Å². The zero-order chi connectivity index (χ0) is 20.4. The average Bonchev–Trinajstić information content (AvgIpc) is 3.19. The third kappa shape index (κ3) is 4.05. The van der Waals surface area contributed by atoms with Gasteiger partial charge in [-0.25, -0.2) is 0 Å². The van der Waals surface area contributed by atoms with Crippen LogP contribution in [0.3, 0.4) is 0 Å². The summed E-state index contributed by atoms with van der Waals surface area (Å²) in [6.45, 7) is 6.15. The smallest absolute Gasteiger partial charge is 0.238 e. The average molecular weight is 389 g/mol. The van der Waals surface area contributed by atoms with Crippen LogP contribution in [0.2, 0.25) is 0 Å². The highest BCUT2D eigenvalue weighted by Crippen LogP contribution is 2.33. The molecule has 0 spiro atoms. The summed E-state index contributed by atoms with van der Waals surface area (Å²) in [6.07, 6.45) is 2.11. The van der Waals surface area contributed by atoms with Gasteiger partial charge in [0, 0.05) is 30.7 Å². The van der Waals surface area contributed by atoms with Crippen LogP contribution in [-0.4, -0.2) is 35.6 Å². The molecule has 1 aliphatic heterocycles. The Morgan fingerprint density at radius 2 is 1.93 bits per heavy atom. The molecule has 1 N–H and O–H groups in total. The van der Waals surface area contributed by atoms with Crippen molar-refractivity contribution in [1.29, 1.82) is 0 Å².